The molecule has 0 unspecified atom stereocenters. The Morgan fingerprint density at radius 3 is 2.28 bits per heavy atom. The first-order valence-corrected chi connectivity index (χ1v) is 9.25. The van der Waals surface area contributed by atoms with E-state index < -0.39 is 11.3 Å². The number of amides is 2. The molecular weight excluding hydrogens is 318 g/mol. The largest absolute Gasteiger partial charge is 0.352 e. The Hall–Kier alpha value is -2.11. The van der Waals surface area contributed by atoms with Crippen LogP contribution in [0.25, 0.3) is 0 Å². The van der Waals surface area contributed by atoms with Gasteiger partial charge >= 0.3 is 0 Å². The highest BCUT2D eigenvalue weighted by Crippen LogP contribution is 2.17. The number of nitrogens with one attached hydrogen (secondary N) is 2. The van der Waals surface area contributed by atoms with Crippen LogP contribution in [0.4, 0.5) is 0 Å². The van der Waals surface area contributed by atoms with E-state index in [0.29, 0.717) is 19.0 Å². The normalized spacial score (nSPS) is 15.2. The van der Waals surface area contributed by atoms with Crippen LogP contribution in [0, 0.1) is 5.92 Å². The molecule has 0 aliphatic heterocycles. The van der Waals surface area contributed by atoms with Crippen LogP contribution in [-0.2, 0) is 6.54 Å². The predicted octanol–water partition coefficient (Wildman–Crippen LogP) is 2.32. The van der Waals surface area contributed by atoms with Gasteiger partial charge in [-0.1, -0.05) is 33.1 Å². The van der Waals surface area contributed by atoms with Gasteiger partial charge in [-0.25, -0.2) is 0 Å². The van der Waals surface area contributed by atoms with Gasteiger partial charge in [0.1, 0.15) is 11.1 Å². The minimum Gasteiger partial charge on any atom is -0.352 e. The second-order valence-corrected chi connectivity index (χ2v) is 7.17. The maximum atomic E-state index is 12.7. The Morgan fingerprint density at radius 1 is 1.12 bits per heavy atom. The molecular formula is C19H29N3O3. The fourth-order valence-electron chi connectivity index (χ4n) is 3.25. The van der Waals surface area contributed by atoms with E-state index in [4.69, 9.17) is 0 Å². The molecule has 1 heterocycles. The molecule has 1 aliphatic rings. The number of hydrogen-bond donors (Lipinski definition) is 2. The van der Waals surface area contributed by atoms with Crippen LogP contribution >= 0.6 is 0 Å². The van der Waals surface area contributed by atoms with Gasteiger partial charge < -0.3 is 15.2 Å². The molecule has 0 bridgehead atoms. The van der Waals surface area contributed by atoms with Gasteiger partial charge in [-0.15, -0.1) is 0 Å². The average molecular weight is 347 g/mol. The van der Waals surface area contributed by atoms with E-state index in [1.165, 1.54) is 6.42 Å². The molecule has 6 heteroatoms. The van der Waals surface area contributed by atoms with E-state index in [-0.39, 0.29) is 23.1 Å². The van der Waals surface area contributed by atoms with E-state index in [1.54, 1.807) is 23.9 Å². The molecule has 0 atom stereocenters. The van der Waals surface area contributed by atoms with Crippen molar-refractivity contribution in [3.63, 3.8) is 0 Å². The summed E-state index contributed by atoms with van der Waals surface area (Å²) in [5.74, 6) is -0.475. The van der Waals surface area contributed by atoms with E-state index in [9.17, 15) is 14.4 Å². The molecule has 0 aromatic carbocycles. The smallest absolute Gasteiger partial charge is 0.256 e. The monoisotopic (exact) mass is 347 g/mol. The summed E-state index contributed by atoms with van der Waals surface area (Å²) in [4.78, 5) is 37.5. The molecule has 1 fully saturated rings. The average Bonchev–Trinajstić information content (AvgIpc) is 2.56. The third-order valence-corrected chi connectivity index (χ3v) is 4.42. The van der Waals surface area contributed by atoms with E-state index in [0.717, 1.165) is 25.7 Å². The van der Waals surface area contributed by atoms with Gasteiger partial charge in [0.05, 0.1) is 0 Å². The predicted molar refractivity (Wildman–Crippen MR) is 97.9 cm³/mol. The van der Waals surface area contributed by atoms with Crippen LogP contribution < -0.4 is 16.1 Å². The Morgan fingerprint density at radius 2 is 1.72 bits per heavy atom. The highest BCUT2D eigenvalue weighted by atomic mass is 16.2. The van der Waals surface area contributed by atoms with Crippen molar-refractivity contribution in [2.45, 2.75) is 65.5 Å². The van der Waals surface area contributed by atoms with Crippen LogP contribution in [0.1, 0.15) is 73.6 Å². The Balaban J connectivity index is 2.33. The van der Waals surface area contributed by atoms with Crippen molar-refractivity contribution in [3.8, 4) is 0 Å². The summed E-state index contributed by atoms with van der Waals surface area (Å²) in [5.41, 5.74) is -0.423. The summed E-state index contributed by atoms with van der Waals surface area (Å²) < 4.78 is 1.77. The first kappa shape index (κ1) is 19.2. The SMILES string of the molecule is CCNC(=O)c1cn(CC(C)C)cc(C(=O)NC2CCCCC2)c1=O. The molecule has 138 valence electrons. The maximum absolute atomic E-state index is 12.7. The lowest BCUT2D eigenvalue weighted by atomic mass is 9.95. The molecule has 6 nitrogen and oxygen atoms in total. The second kappa shape index (κ2) is 8.83. The van der Waals surface area contributed by atoms with Gasteiger partial charge in [0.2, 0.25) is 5.43 Å². The van der Waals surface area contributed by atoms with Crippen molar-refractivity contribution in [2.75, 3.05) is 6.54 Å². The zero-order chi connectivity index (χ0) is 18.4. The lowest BCUT2D eigenvalue weighted by Gasteiger charge is -2.23. The molecule has 0 spiro atoms. The third kappa shape index (κ3) is 5.18. The molecule has 0 radical (unpaired) electrons. The maximum Gasteiger partial charge on any atom is 0.256 e. The number of carbonyl (C=O) groups excluding carboxylic acids is 2. The van der Waals surface area contributed by atoms with Crippen LogP contribution in [0.15, 0.2) is 17.2 Å². The Labute approximate surface area is 149 Å². The van der Waals surface area contributed by atoms with Gasteiger partial charge in [-0.3, -0.25) is 14.4 Å². The first-order chi connectivity index (χ1) is 11.9. The minimum atomic E-state index is -0.501. The van der Waals surface area contributed by atoms with Crippen molar-refractivity contribution >= 4 is 11.8 Å². The quantitative estimate of drug-likeness (QED) is 0.829. The van der Waals surface area contributed by atoms with Crippen LogP contribution in [0.3, 0.4) is 0 Å². The van der Waals surface area contributed by atoms with Crippen molar-refractivity contribution in [2.24, 2.45) is 5.92 Å². The summed E-state index contributed by atoms with van der Waals surface area (Å²) >= 11 is 0. The van der Waals surface area contributed by atoms with E-state index in [2.05, 4.69) is 10.6 Å². The summed E-state index contributed by atoms with van der Waals surface area (Å²) in [7, 11) is 0. The molecule has 1 aromatic heterocycles. The highest BCUT2D eigenvalue weighted by molar-refractivity contribution is 5.99. The van der Waals surface area contributed by atoms with Gasteiger partial charge in [-0.05, 0) is 25.7 Å². The third-order valence-electron chi connectivity index (χ3n) is 4.42. The number of hydrogen-bond acceptors (Lipinski definition) is 3. The Bertz CT molecular complexity index is 673. The molecule has 1 aromatic rings. The molecule has 2 N–H and O–H groups in total. The van der Waals surface area contributed by atoms with Crippen LogP contribution in [0.5, 0.6) is 0 Å². The number of carbonyl (C=O) groups is 2. The Kier molecular flexibility index (Phi) is 6.79. The van der Waals surface area contributed by atoms with E-state index in [1.807, 2.05) is 13.8 Å². The molecule has 25 heavy (non-hydrogen) atoms. The van der Waals surface area contributed by atoms with Gasteiger partial charge in [-0.2, -0.15) is 0 Å². The van der Waals surface area contributed by atoms with Crippen molar-refractivity contribution in [1.29, 1.82) is 0 Å². The summed E-state index contributed by atoms with van der Waals surface area (Å²) in [6, 6.07) is 0.118. The molecule has 2 amide bonds. The van der Waals surface area contributed by atoms with Crippen molar-refractivity contribution < 1.29 is 9.59 Å². The van der Waals surface area contributed by atoms with E-state index >= 15 is 0 Å². The fraction of sp³-hybridized carbons (Fsp3) is 0.632. The van der Waals surface area contributed by atoms with Crippen molar-refractivity contribution in [1.82, 2.24) is 15.2 Å². The number of rotatable bonds is 6. The number of pyridine rings is 1. The molecule has 0 saturated heterocycles. The van der Waals surface area contributed by atoms with Gasteiger partial charge in [0.15, 0.2) is 0 Å². The van der Waals surface area contributed by atoms with Gasteiger partial charge in [0.25, 0.3) is 11.8 Å². The first-order valence-electron chi connectivity index (χ1n) is 9.25. The number of nitrogens with zero attached hydrogens (tertiary/aromatic N) is 1. The van der Waals surface area contributed by atoms with Crippen LogP contribution in [-0.4, -0.2) is 29.0 Å². The number of aromatic nitrogens is 1. The lowest BCUT2D eigenvalue weighted by Crippen LogP contribution is -2.40. The minimum absolute atomic E-state index is 0.0267. The summed E-state index contributed by atoms with van der Waals surface area (Å²) in [6.07, 6.45) is 8.40. The van der Waals surface area contributed by atoms with Gasteiger partial charge in [0, 0.05) is 31.5 Å². The highest BCUT2D eigenvalue weighted by Gasteiger charge is 2.22. The standard InChI is InChI=1S/C19H29N3O3/c1-4-20-18(24)15-11-22(10-13(2)3)12-16(17(15)23)19(25)21-14-8-6-5-7-9-14/h11-14H,4-10H2,1-3H3,(H,20,24)(H,21,25). The lowest BCUT2D eigenvalue weighted by molar-refractivity contribution is 0.0925. The fourth-order valence-corrected chi connectivity index (χ4v) is 3.25. The molecule has 1 aliphatic carbocycles. The second-order valence-electron chi connectivity index (χ2n) is 7.17. The van der Waals surface area contributed by atoms with Crippen molar-refractivity contribution in [3.05, 3.63) is 33.7 Å². The zero-order valence-electron chi connectivity index (χ0n) is 15.4. The van der Waals surface area contributed by atoms with Crippen LogP contribution in [0.2, 0.25) is 0 Å². The summed E-state index contributed by atoms with van der Waals surface area (Å²) in [5, 5.41) is 5.62. The topological polar surface area (TPSA) is 80.2 Å². The molecule has 2 rings (SSSR count). The zero-order valence-corrected chi connectivity index (χ0v) is 15.4. The summed E-state index contributed by atoms with van der Waals surface area (Å²) in [6.45, 7) is 6.96. The molecule has 1 saturated carbocycles.